The van der Waals surface area contributed by atoms with E-state index >= 15 is 0 Å². The summed E-state index contributed by atoms with van der Waals surface area (Å²) in [5.41, 5.74) is 1.10. The number of aryl methyl sites for hydroxylation is 2. The molecule has 21 heavy (non-hydrogen) atoms. The molecule has 0 bridgehead atoms. The van der Waals surface area contributed by atoms with Crippen LogP contribution in [-0.4, -0.2) is 28.4 Å². The van der Waals surface area contributed by atoms with Gasteiger partial charge in [-0.25, -0.2) is 8.42 Å². The van der Waals surface area contributed by atoms with Gasteiger partial charge in [0.25, 0.3) is 10.0 Å². The second kappa shape index (κ2) is 5.72. The third-order valence-corrected chi connectivity index (χ3v) is 5.90. The van der Waals surface area contributed by atoms with E-state index in [1.165, 1.54) is 11.3 Å². The van der Waals surface area contributed by atoms with Crippen LogP contribution in [-0.2, 0) is 16.6 Å². The highest BCUT2D eigenvalue weighted by Gasteiger charge is 2.25. The minimum absolute atomic E-state index is 0.214. The molecule has 0 saturated heterocycles. The molecule has 0 aliphatic rings. The molecule has 2 heterocycles. The summed E-state index contributed by atoms with van der Waals surface area (Å²) < 4.78 is 29.2. The highest BCUT2D eigenvalue weighted by Crippen LogP contribution is 2.26. The lowest BCUT2D eigenvalue weighted by molar-refractivity contribution is 0.598. The molecule has 0 aromatic carbocycles. The van der Waals surface area contributed by atoms with Gasteiger partial charge < -0.3 is 0 Å². The van der Waals surface area contributed by atoms with Crippen LogP contribution in [0.3, 0.4) is 0 Å². The lowest BCUT2D eigenvalue weighted by atomic mass is 10.2. The minimum atomic E-state index is -3.70. The third kappa shape index (κ3) is 3.08. The lowest BCUT2D eigenvalue weighted by Gasteiger charge is -2.05. The number of sulfonamides is 1. The first-order valence-corrected chi connectivity index (χ1v) is 8.96. The molecule has 0 aliphatic heterocycles. The van der Waals surface area contributed by atoms with Crippen LogP contribution in [0, 0.1) is 13.8 Å². The summed E-state index contributed by atoms with van der Waals surface area (Å²) >= 11 is 1.25. The first-order chi connectivity index (χ1) is 9.76. The number of anilines is 1. The molecular formula is C12H19N5O2S2. The quantitative estimate of drug-likeness (QED) is 0.909. The Hall–Kier alpha value is -1.48. The van der Waals surface area contributed by atoms with Crippen molar-refractivity contribution < 1.29 is 8.42 Å². The van der Waals surface area contributed by atoms with Crippen LogP contribution in [0.1, 0.15) is 43.1 Å². The molecule has 0 spiro atoms. The van der Waals surface area contributed by atoms with Gasteiger partial charge in [-0.05, 0) is 20.8 Å². The summed E-state index contributed by atoms with van der Waals surface area (Å²) in [6.45, 7) is 9.95. The van der Waals surface area contributed by atoms with Crippen LogP contribution < -0.4 is 4.72 Å². The van der Waals surface area contributed by atoms with Gasteiger partial charge in [0.05, 0.1) is 11.4 Å². The maximum absolute atomic E-state index is 12.5. The van der Waals surface area contributed by atoms with E-state index in [1.54, 1.807) is 18.5 Å². The Morgan fingerprint density at radius 1 is 1.29 bits per heavy atom. The van der Waals surface area contributed by atoms with E-state index in [1.807, 2.05) is 20.8 Å². The Morgan fingerprint density at radius 3 is 2.43 bits per heavy atom. The summed E-state index contributed by atoms with van der Waals surface area (Å²) in [4.78, 5) is 0.214. The number of rotatable bonds is 5. The summed E-state index contributed by atoms with van der Waals surface area (Å²) in [5.74, 6) is 0.215. The van der Waals surface area contributed by atoms with Gasteiger partial charge in [0, 0.05) is 12.5 Å². The van der Waals surface area contributed by atoms with E-state index < -0.39 is 10.0 Å². The largest absolute Gasteiger partial charge is 0.268 e. The van der Waals surface area contributed by atoms with Crippen LogP contribution in [0.2, 0.25) is 0 Å². The SMILES string of the molecule is CCn1nc(C)c(S(=O)(=O)Nc2nnc(C(C)C)s2)c1C. The van der Waals surface area contributed by atoms with Crippen molar-refractivity contribution in [3.05, 3.63) is 16.4 Å². The zero-order chi connectivity index (χ0) is 15.8. The monoisotopic (exact) mass is 329 g/mol. The van der Waals surface area contributed by atoms with E-state index in [0.29, 0.717) is 17.9 Å². The fourth-order valence-corrected chi connectivity index (χ4v) is 4.44. The topological polar surface area (TPSA) is 89.8 Å². The number of nitrogens with zero attached hydrogens (tertiary/aromatic N) is 4. The molecule has 7 nitrogen and oxygen atoms in total. The maximum Gasteiger partial charge on any atom is 0.267 e. The van der Waals surface area contributed by atoms with Gasteiger partial charge in [-0.15, -0.1) is 10.2 Å². The summed E-state index contributed by atoms with van der Waals surface area (Å²) in [6.07, 6.45) is 0. The number of hydrogen-bond acceptors (Lipinski definition) is 6. The van der Waals surface area contributed by atoms with E-state index in [2.05, 4.69) is 20.0 Å². The van der Waals surface area contributed by atoms with Crippen molar-refractivity contribution in [1.29, 1.82) is 0 Å². The summed E-state index contributed by atoms with van der Waals surface area (Å²) in [5, 5.41) is 13.2. The third-order valence-electron chi connectivity index (χ3n) is 3.04. The molecule has 0 saturated carbocycles. The van der Waals surface area contributed by atoms with Crippen molar-refractivity contribution in [2.45, 2.75) is 52.0 Å². The standard InChI is InChI=1S/C12H19N5O2S2/c1-6-17-9(5)10(8(4)15-17)21(18,19)16-12-14-13-11(20-12)7(2)3/h7H,6H2,1-5H3,(H,14,16). The second-order valence-corrected chi connectivity index (χ2v) is 7.65. The van der Waals surface area contributed by atoms with Crippen LogP contribution in [0.25, 0.3) is 0 Å². The van der Waals surface area contributed by atoms with Crippen molar-refractivity contribution in [1.82, 2.24) is 20.0 Å². The fourth-order valence-electron chi connectivity index (χ4n) is 2.05. The van der Waals surface area contributed by atoms with Crippen molar-refractivity contribution >= 4 is 26.5 Å². The van der Waals surface area contributed by atoms with E-state index in [4.69, 9.17) is 0 Å². The average molecular weight is 329 g/mol. The van der Waals surface area contributed by atoms with E-state index in [9.17, 15) is 8.42 Å². The first-order valence-electron chi connectivity index (χ1n) is 6.66. The van der Waals surface area contributed by atoms with Gasteiger partial charge in [-0.3, -0.25) is 9.40 Å². The van der Waals surface area contributed by atoms with Gasteiger partial charge in [-0.1, -0.05) is 25.2 Å². The number of hydrogen-bond donors (Lipinski definition) is 1. The molecule has 2 aromatic rings. The Morgan fingerprint density at radius 2 is 1.95 bits per heavy atom. The van der Waals surface area contributed by atoms with Gasteiger partial charge in [0.1, 0.15) is 9.90 Å². The van der Waals surface area contributed by atoms with Gasteiger partial charge in [0.2, 0.25) is 5.13 Å². The average Bonchev–Trinajstić information content (AvgIpc) is 2.93. The van der Waals surface area contributed by atoms with Crippen molar-refractivity contribution in [3.8, 4) is 0 Å². The predicted octanol–water partition coefficient (Wildman–Crippen LogP) is 2.30. The molecule has 0 radical (unpaired) electrons. The molecule has 9 heteroatoms. The smallest absolute Gasteiger partial charge is 0.267 e. The zero-order valence-electron chi connectivity index (χ0n) is 12.7. The van der Waals surface area contributed by atoms with Gasteiger partial charge in [-0.2, -0.15) is 5.10 Å². The number of nitrogens with one attached hydrogen (secondary N) is 1. The van der Waals surface area contributed by atoms with E-state index in [0.717, 1.165) is 5.01 Å². The molecular weight excluding hydrogens is 310 g/mol. The Balaban J connectivity index is 2.36. The molecule has 0 fully saturated rings. The normalized spacial score (nSPS) is 12.1. The molecule has 116 valence electrons. The second-order valence-electron chi connectivity index (χ2n) is 5.02. The Labute approximate surface area is 128 Å². The van der Waals surface area contributed by atoms with Crippen LogP contribution >= 0.6 is 11.3 Å². The highest BCUT2D eigenvalue weighted by atomic mass is 32.2. The predicted molar refractivity (Wildman–Crippen MR) is 82.2 cm³/mol. The summed E-state index contributed by atoms with van der Waals surface area (Å²) in [6, 6.07) is 0. The summed E-state index contributed by atoms with van der Waals surface area (Å²) in [7, 11) is -3.70. The van der Waals surface area contributed by atoms with E-state index in [-0.39, 0.29) is 15.9 Å². The molecule has 0 amide bonds. The van der Waals surface area contributed by atoms with Gasteiger partial charge in [0.15, 0.2) is 0 Å². The zero-order valence-corrected chi connectivity index (χ0v) is 14.3. The first kappa shape index (κ1) is 15.9. The fraction of sp³-hybridized carbons (Fsp3) is 0.583. The van der Waals surface area contributed by atoms with Crippen molar-refractivity contribution in [2.24, 2.45) is 0 Å². The molecule has 0 aliphatic carbocycles. The van der Waals surface area contributed by atoms with Crippen molar-refractivity contribution in [3.63, 3.8) is 0 Å². The lowest BCUT2D eigenvalue weighted by Crippen LogP contribution is -2.15. The van der Waals surface area contributed by atoms with Crippen LogP contribution in [0.4, 0.5) is 5.13 Å². The molecule has 2 aromatic heterocycles. The van der Waals surface area contributed by atoms with Crippen molar-refractivity contribution in [2.75, 3.05) is 4.72 Å². The Kier molecular flexibility index (Phi) is 4.33. The molecule has 2 rings (SSSR count). The molecule has 1 N–H and O–H groups in total. The minimum Gasteiger partial charge on any atom is -0.268 e. The highest BCUT2D eigenvalue weighted by molar-refractivity contribution is 7.93. The van der Waals surface area contributed by atoms with Crippen LogP contribution in [0.5, 0.6) is 0 Å². The Bertz CT molecular complexity index is 746. The van der Waals surface area contributed by atoms with Crippen LogP contribution in [0.15, 0.2) is 4.90 Å². The number of aromatic nitrogens is 4. The molecule has 0 atom stereocenters. The maximum atomic E-state index is 12.5. The molecule has 0 unspecified atom stereocenters. The van der Waals surface area contributed by atoms with Gasteiger partial charge >= 0.3 is 0 Å².